The molecule has 1 aliphatic rings. The predicted molar refractivity (Wildman–Crippen MR) is 78.0 cm³/mol. The molecule has 0 radical (unpaired) electrons. The minimum absolute atomic E-state index is 0.483. The van der Waals surface area contributed by atoms with E-state index in [4.69, 9.17) is 9.47 Å². The Hall–Kier alpha value is -1.22. The van der Waals surface area contributed by atoms with E-state index in [1.54, 1.807) is 14.2 Å². The van der Waals surface area contributed by atoms with Gasteiger partial charge >= 0.3 is 0 Å². The zero-order valence-corrected chi connectivity index (χ0v) is 12.3. The average Bonchev–Trinajstić information content (AvgIpc) is 2.92. The third-order valence-electron chi connectivity index (χ3n) is 3.96. The van der Waals surface area contributed by atoms with E-state index in [-0.39, 0.29) is 0 Å². The molecular weight excluding hydrogens is 238 g/mol. The van der Waals surface area contributed by atoms with Crippen LogP contribution in [0.25, 0.3) is 0 Å². The van der Waals surface area contributed by atoms with Gasteiger partial charge in [-0.25, -0.2) is 0 Å². The summed E-state index contributed by atoms with van der Waals surface area (Å²) >= 11 is 0. The first-order chi connectivity index (χ1) is 9.30. The zero-order valence-electron chi connectivity index (χ0n) is 12.3. The van der Waals surface area contributed by atoms with Gasteiger partial charge in [0.15, 0.2) is 0 Å². The number of unbranched alkanes of at least 4 members (excludes halogenated alkanes) is 1. The van der Waals surface area contributed by atoms with E-state index in [0.717, 1.165) is 11.5 Å². The van der Waals surface area contributed by atoms with Crippen molar-refractivity contribution >= 4 is 0 Å². The highest BCUT2D eigenvalue weighted by atomic mass is 16.5. The van der Waals surface area contributed by atoms with Crippen LogP contribution in [0.5, 0.6) is 11.5 Å². The Morgan fingerprint density at radius 1 is 1.26 bits per heavy atom. The maximum atomic E-state index is 5.53. The molecule has 1 saturated heterocycles. The summed E-state index contributed by atoms with van der Waals surface area (Å²) in [7, 11) is 3.46. The molecular formula is C16H25NO2. The van der Waals surface area contributed by atoms with E-state index >= 15 is 0 Å². The van der Waals surface area contributed by atoms with E-state index in [1.807, 2.05) is 12.1 Å². The predicted octanol–water partition coefficient (Wildman–Crippen LogP) is 3.64. The lowest BCUT2D eigenvalue weighted by Crippen LogP contribution is -2.24. The summed E-state index contributed by atoms with van der Waals surface area (Å²) in [6.07, 6.45) is 5.00. The molecule has 0 aromatic heterocycles. The lowest BCUT2D eigenvalue weighted by molar-refractivity contribution is 0.247. The molecule has 1 aliphatic heterocycles. The number of benzene rings is 1. The topological polar surface area (TPSA) is 21.7 Å². The zero-order chi connectivity index (χ0) is 13.7. The fraction of sp³-hybridized carbons (Fsp3) is 0.625. The van der Waals surface area contributed by atoms with Gasteiger partial charge in [-0.1, -0.05) is 13.3 Å². The Balaban J connectivity index is 2.23. The summed E-state index contributed by atoms with van der Waals surface area (Å²) in [4.78, 5) is 2.58. The molecule has 0 bridgehead atoms. The Morgan fingerprint density at radius 3 is 2.79 bits per heavy atom. The minimum Gasteiger partial charge on any atom is -0.497 e. The molecule has 19 heavy (non-hydrogen) atoms. The van der Waals surface area contributed by atoms with Crippen molar-refractivity contribution in [2.45, 2.75) is 38.6 Å². The standard InChI is InChI=1S/C16H25NO2/c1-4-5-10-17-11-6-7-15(17)14-12-13(18-2)8-9-16(14)19-3/h8-9,12,15H,4-7,10-11H2,1-3H3. The maximum absolute atomic E-state index is 5.53. The van der Waals surface area contributed by atoms with Crippen LogP contribution < -0.4 is 9.47 Å². The normalized spacial score (nSPS) is 19.6. The van der Waals surface area contributed by atoms with E-state index < -0.39 is 0 Å². The summed E-state index contributed by atoms with van der Waals surface area (Å²) < 4.78 is 10.9. The second-order valence-electron chi connectivity index (χ2n) is 5.16. The van der Waals surface area contributed by atoms with Gasteiger partial charge < -0.3 is 9.47 Å². The van der Waals surface area contributed by atoms with Gasteiger partial charge in [0.2, 0.25) is 0 Å². The molecule has 2 rings (SSSR count). The quantitative estimate of drug-likeness (QED) is 0.782. The summed E-state index contributed by atoms with van der Waals surface area (Å²) in [5.41, 5.74) is 1.27. The summed E-state index contributed by atoms with van der Waals surface area (Å²) in [5, 5.41) is 0. The van der Waals surface area contributed by atoms with Gasteiger partial charge in [0, 0.05) is 11.6 Å². The number of likely N-dealkylation sites (tertiary alicyclic amines) is 1. The molecule has 0 N–H and O–H groups in total. The van der Waals surface area contributed by atoms with Crippen LogP contribution >= 0.6 is 0 Å². The molecule has 3 heteroatoms. The van der Waals surface area contributed by atoms with Gasteiger partial charge in [-0.15, -0.1) is 0 Å². The fourth-order valence-electron chi connectivity index (χ4n) is 2.91. The number of methoxy groups -OCH3 is 2. The molecule has 0 amide bonds. The van der Waals surface area contributed by atoms with Crippen molar-refractivity contribution in [2.24, 2.45) is 0 Å². The highest BCUT2D eigenvalue weighted by Crippen LogP contribution is 2.38. The van der Waals surface area contributed by atoms with Crippen molar-refractivity contribution in [3.05, 3.63) is 23.8 Å². The van der Waals surface area contributed by atoms with Crippen LogP contribution in [0, 0.1) is 0 Å². The number of nitrogens with zero attached hydrogens (tertiary/aromatic N) is 1. The molecule has 0 saturated carbocycles. The molecule has 1 fully saturated rings. The van der Waals surface area contributed by atoms with Crippen molar-refractivity contribution in [3.63, 3.8) is 0 Å². The van der Waals surface area contributed by atoms with Gasteiger partial charge in [-0.2, -0.15) is 0 Å². The Bertz CT molecular complexity index is 406. The number of rotatable bonds is 6. The molecule has 0 aliphatic carbocycles. The lowest BCUT2D eigenvalue weighted by Gasteiger charge is -2.26. The van der Waals surface area contributed by atoms with Crippen molar-refractivity contribution < 1.29 is 9.47 Å². The number of hydrogen-bond acceptors (Lipinski definition) is 3. The molecule has 106 valence electrons. The largest absolute Gasteiger partial charge is 0.497 e. The summed E-state index contributed by atoms with van der Waals surface area (Å²) in [5.74, 6) is 1.90. The SMILES string of the molecule is CCCCN1CCCC1c1cc(OC)ccc1OC. The number of hydrogen-bond donors (Lipinski definition) is 0. The first-order valence-corrected chi connectivity index (χ1v) is 7.26. The van der Waals surface area contributed by atoms with Crippen LogP contribution in [0.4, 0.5) is 0 Å². The van der Waals surface area contributed by atoms with Gasteiger partial charge in [0.25, 0.3) is 0 Å². The Labute approximate surface area is 116 Å². The highest BCUT2D eigenvalue weighted by molar-refractivity contribution is 5.42. The summed E-state index contributed by atoms with van der Waals surface area (Å²) in [6, 6.07) is 6.60. The smallest absolute Gasteiger partial charge is 0.123 e. The first kappa shape index (κ1) is 14.2. The second kappa shape index (κ2) is 6.80. The Kier molecular flexibility index (Phi) is 5.08. The second-order valence-corrected chi connectivity index (χ2v) is 5.16. The van der Waals surface area contributed by atoms with Crippen LogP contribution in [0.2, 0.25) is 0 Å². The maximum Gasteiger partial charge on any atom is 0.123 e. The van der Waals surface area contributed by atoms with Crippen LogP contribution in [-0.4, -0.2) is 32.2 Å². The molecule has 1 heterocycles. The van der Waals surface area contributed by atoms with Crippen LogP contribution in [0.1, 0.15) is 44.2 Å². The molecule has 1 aromatic rings. The van der Waals surface area contributed by atoms with Crippen LogP contribution in [0.15, 0.2) is 18.2 Å². The van der Waals surface area contributed by atoms with E-state index in [1.165, 1.54) is 44.3 Å². The van der Waals surface area contributed by atoms with Crippen LogP contribution in [0.3, 0.4) is 0 Å². The van der Waals surface area contributed by atoms with Crippen molar-refractivity contribution in [3.8, 4) is 11.5 Å². The third-order valence-corrected chi connectivity index (χ3v) is 3.96. The molecule has 3 nitrogen and oxygen atoms in total. The highest BCUT2D eigenvalue weighted by Gasteiger charge is 2.28. The molecule has 1 aromatic carbocycles. The van der Waals surface area contributed by atoms with Gasteiger partial charge in [0.1, 0.15) is 11.5 Å². The molecule has 1 atom stereocenters. The van der Waals surface area contributed by atoms with E-state index in [2.05, 4.69) is 17.9 Å². The van der Waals surface area contributed by atoms with E-state index in [9.17, 15) is 0 Å². The van der Waals surface area contributed by atoms with Gasteiger partial charge in [0.05, 0.1) is 14.2 Å². The Morgan fingerprint density at radius 2 is 2.11 bits per heavy atom. The lowest BCUT2D eigenvalue weighted by atomic mass is 10.0. The first-order valence-electron chi connectivity index (χ1n) is 7.26. The number of ether oxygens (including phenoxy) is 2. The monoisotopic (exact) mass is 263 g/mol. The van der Waals surface area contributed by atoms with Crippen molar-refractivity contribution in [1.29, 1.82) is 0 Å². The van der Waals surface area contributed by atoms with Crippen LogP contribution in [-0.2, 0) is 0 Å². The van der Waals surface area contributed by atoms with Crippen molar-refractivity contribution in [1.82, 2.24) is 4.90 Å². The minimum atomic E-state index is 0.483. The summed E-state index contributed by atoms with van der Waals surface area (Å²) in [6.45, 7) is 4.63. The van der Waals surface area contributed by atoms with Crippen molar-refractivity contribution in [2.75, 3.05) is 27.3 Å². The fourth-order valence-corrected chi connectivity index (χ4v) is 2.91. The molecule has 1 unspecified atom stereocenters. The average molecular weight is 263 g/mol. The van der Waals surface area contributed by atoms with E-state index in [0.29, 0.717) is 6.04 Å². The van der Waals surface area contributed by atoms with Gasteiger partial charge in [-0.3, -0.25) is 4.90 Å². The third kappa shape index (κ3) is 3.21. The molecule has 0 spiro atoms. The van der Waals surface area contributed by atoms with Gasteiger partial charge in [-0.05, 0) is 50.6 Å².